The van der Waals surface area contributed by atoms with Crippen molar-refractivity contribution in [2.24, 2.45) is 0 Å². The SMILES string of the molecule is C=C(C)C(=O)SCCSc1nnc(SC(C)C)s1. The Labute approximate surface area is 125 Å². The Morgan fingerprint density at radius 2 is 2.00 bits per heavy atom. The Kier molecular flexibility index (Phi) is 7.36. The van der Waals surface area contributed by atoms with Crippen molar-refractivity contribution in [1.29, 1.82) is 0 Å². The van der Waals surface area contributed by atoms with Crippen LogP contribution in [-0.4, -0.2) is 32.1 Å². The van der Waals surface area contributed by atoms with Gasteiger partial charge in [-0.1, -0.05) is 67.0 Å². The molecule has 0 saturated carbocycles. The number of rotatable bonds is 7. The van der Waals surface area contributed by atoms with Crippen molar-refractivity contribution >= 4 is 51.7 Å². The van der Waals surface area contributed by atoms with Gasteiger partial charge in [0.25, 0.3) is 0 Å². The van der Waals surface area contributed by atoms with E-state index >= 15 is 0 Å². The van der Waals surface area contributed by atoms with Crippen molar-refractivity contribution in [1.82, 2.24) is 10.2 Å². The lowest BCUT2D eigenvalue weighted by Crippen LogP contribution is -1.95. The lowest BCUT2D eigenvalue weighted by atomic mass is 10.4. The minimum absolute atomic E-state index is 0.0731. The molecular formula is C11H16N2OS4. The molecule has 1 aromatic rings. The molecule has 0 amide bonds. The molecule has 7 heteroatoms. The van der Waals surface area contributed by atoms with Crippen LogP contribution in [0, 0.1) is 0 Å². The molecule has 3 nitrogen and oxygen atoms in total. The molecule has 1 aromatic heterocycles. The summed E-state index contributed by atoms with van der Waals surface area (Å²) in [6, 6.07) is 0. The summed E-state index contributed by atoms with van der Waals surface area (Å²) in [5.74, 6) is 1.65. The molecule has 0 aliphatic heterocycles. The van der Waals surface area contributed by atoms with Gasteiger partial charge in [-0.25, -0.2) is 0 Å². The van der Waals surface area contributed by atoms with Crippen molar-refractivity contribution in [2.75, 3.05) is 11.5 Å². The third-order valence-corrected chi connectivity index (χ3v) is 6.04. The number of carbonyl (C=O) groups excluding carboxylic acids is 1. The van der Waals surface area contributed by atoms with Gasteiger partial charge < -0.3 is 0 Å². The summed E-state index contributed by atoms with van der Waals surface area (Å²) in [6.45, 7) is 9.64. The molecule has 0 N–H and O–H groups in total. The highest BCUT2D eigenvalue weighted by molar-refractivity contribution is 8.14. The normalized spacial score (nSPS) is 10.9. The molecule has 0 fully saturated rings. The maximum absolute atomic E-state index is 11.3. The van der Waals surface area contributed by atoms with E-state index in [1.807, 2.05) is 0 Å². The number of aromatic nitrogens is 2. The van der Waals surface area contributed by atoms with Gasteiger partial charge in [-0.05, 0) is 12.5 Å². The maximum Gasteiger partial charge on any atom is 0.214 e. The van der Waals surface area contributed by atoms with Gasteiger partial charge in [0.1, 0.15) is 0 Å². The fraction of sp³-hybridized carbons (Fsp3) is 0.545. The first kappa shape index (κ1) is 16.1. The minimum atomic E-state index is 0.0731. The van der Waals surface area contributed by atoms with Crippen LogP contribution in [0.15, 0.2) is 20.8 Å². The van der Waals surface area contributed by atoms with Crippen LogP contribution in [0.3, 0.4) is 0 Å². The quantitative estimate of drug-likeness (QED) is 0.430. The van der Waals surface area contributed by atoms with Crippen LogP contribution in [0.4, 0.5) is 0 Å². The van der Waals surface area contributed by atoms with Crippen LogP contribution in [0.5, 0.6) is 0 Å². The van der Waals surface area contributed by atoms with Crippen molar-refractivity contribution < 1.29 is 4.79 Å². The molecule has 0 aromatic carbocycles. The molecular weight excluding hydrogens is 304 g/mol. The molecule has 0 aliphatic carbocycles. The standard InChI is InChI=1S/C11H16N2OS4/c1-7(2)9(14)15-5-6-16-10-12-13-11(18-10)17-8(3)4/h8H,1,5-6H2,2-4H3. The van der Waals surface area contributed by atoms with Gasteiger partial charge >= 0.3 is 0 Å². The van der Waals surface area contributed by atoms with E-state index in [-0.39, 0.29) is 5.12 Å². The molecule has 1 rings (SSSR count). The fourth-order valence-corrected chi connectivity index (χ4v) is 4.95. The minimum Gasteiger partial charge on any atom is -0.282 e. The number of carbonyl (C=O) groups is 1. The predicted molar refractivity (Wildman–Crippen MR) is 83.9 cm³/mol. The van der Waals surface area contributed by atoms with Crippen LogP contribution in [0.1, 0.15) is 20.8 Å². The number of hydrogen-bond acceptors (Lipinski definition) is 7. The predicted octanol–water partition coefficient (Wildman–Crippen LogP) is 3.97. The molecule has 0 aliphatic rings. The lowest BCUT2D eigenvalue weighted by Gasteiger charge is -1.98. The fourth-order valence-electron chi connectivity index (χ4n) is 0.891. The largest absolute Gasteiger partial charge is 0.282 e. The van der Waals surface area contributed by atoms with E-state index in [2.05, 4.69) is 30.6 Å². The van der Waals surface area contributed by atoms with Crippen LogP contribution in [-0.2, 0) is 4.79 Å². The van der Waals surface area contributed by atoms with Crippen molar-refractivity contribution in [2.45, 2.75) is 34.7 Å². The Morgan fingerprint density at radius 1 is 1.33 bits per heavy atom. The summed E-state index contributed by atoms with van der Waals surface area (Å²) in [7, 11) is 0. The summed E-state index contributed by atoms with van der Waals surface area (Å²) in [5, 5.41) is 8.84. The van der Waals surface area contributed by atoms with E-state index in [4.69, 9.17) is 0 Å². The van der Waals surface area contributed by atoms with E-state index < -0.39 is 0 Å². The third kappa shape index (κ3) is 6.26. The zero-order valence-electron chi connectivity index (χ0n) is 10.6. The van der Waals surface area contributed by atoms with Crippen molar-refractivity contribution in [3.8, 4) is 0 Å². The molecule has 0 saturated heterocycles. The summed E-state index contributed by atoms with van der Waals surface area (Å²) in [4.78, 5) is 11.3. The van der Waals surface area contributed by atoms with Gasteiger partial charge in [-0.15, -0.1) is 10.2 Å². The lowest BCUT2D eigenvalue weighted by molar-refractivity contribution is -0.107. The van der Waals surface area contributed by atoms with Gasteiger partial charge in [0.2, 0.25) is 5.12 Å². The third-order valence-electron chi connectivity index (χ3n) is 1.61. The Hall–Kier alpha value is 0.0200. The monoisotopic (exact) mass is 320 g/mol. The number of nitrogens with zero attached hydrogens (tertiary/aromatic N) is 2. The van der Waals surface area contributed by atoms with Crippen molar-refractivity contribution in [3.63, 3.8) is 0 Å². The summed E-state index contributed by atoms with van der Waals surface area (Å²) < 4.78 is 1.99. The van der Waals surface area contributed by atoms with E-state index in [9.17, 15) is 4.79 Å². The van der Waals surface area contributed by atoms with E-state index in [0.29, 0.717) is 10.8 Å². The molecule has 0 radical (unpaired) electrons. The second-order valence-electron chi connectivity index (χ2n) is 3.77. The Bertz CT molecular complexity index is 417. The molecule has 18 heavy (non-hydrogen) atoms. The molecule has 1 heterocycles. The summed E-state index contributed by atoms with van der Waals surface area (Å²) >= 11 is 6.31. The van der Waals surface area contributed by atoms with Gasteiger partial charge in [0.15, 0.2) is 8.68 Å². The highest BCUT2D eigenvalue weighted by atomic mass is 32.2. The maximum atomic E-state index is 11.3. The summed E-state index contributed by atoms with van der Waals surface area (Å²) in [6.07, 6.45) is 0. The molecule has 100 valence electrons. The van der Waals surface area contributed by atoms with Gasteiger partial charge in [-0.2, -0.15) is 0 Å². The molecule has 0 bridgehead atoms. The second kappa shape index (κ2) is 8.24. The van der Waals surface area contributed by atoms with Crippen LogP contribution in [0.25, 0.3) is 0 Å². The highest BCUT2D eigenvalue weighted by Crippen LogP contribution is 2.31. The highest BCUT2D eigenvalue weighted by Gasteiger charge is 2.08. The van der Waals surface area contributed by atoms with Gasteiger partial charge in [0.05, 0.1) is 0 Å². The smallest absolute Gasteiger partial charge is 0.214 e. The topological polar surface area (TPSA) is 42.9 Å². The average molecular weight is 321 g/mol. The zero-order chi connectivity index (χ0) is 13.5. The van der Waals surface area contributed by atoms with Gasteiger partial charge in [-0.3, -0.25) is 4.79 Å². The van der Waals surface area contributed by atoms with E-state index in [1.165, 1.54) is 11.8 Å². The van der Waals surface area contributed by atoms with Gasteiger partial charge in [0, 0.05) is 16.8 Å². The van der Waals surface area contributed by atoms with Crippen LogP contribution >= 0.6 is 46.6 Å². The van der Waals surface area contributed by atoms with E-state index in [0.717, 1.165) is 20.2 Å². The second-order valence-corrected chi connectivity index (χ2v) is 8.98. The van der Waals surface area contributed by atoms with Crippen molar-refractivity contribution in [3.05, 3.63) is 12.2 Å². The Balaban J connectivity index is 2.25. The van der Waals surface area contributed by atoms with Crippen LogP contribution in [0.2, 0.25) is 0 Å². The first-order valence-corrected chi connectivity index (χ1v) is 9.11. The molecule has 0 spiro atoms. The average Bonchev–Trinajstić information content (AvgIpc) is 2.70. The molecule has 0 atom stereocenters. The summed E-state index contributed by atoms with van der Waals surface area (Å²) in [5.41, 5.74) is 0.608. The molecule has 0 unspecified atom stereocenters. The number of thioether (sulfide) groups is 3. The zero-order valence-corrected chi connectivity index (χ0v) is 13.9. The first-order valence-electron chi connectivity index (χ1n) is 5.44. The van der Waals surface area contributed by atoms with E-state index in [1.54, 1.807) is 41.8 Å². The van der Waals surface area contributed by atoms with Crippen LogP contribution < -0.4 is 0 Å². The number of hydrogen-bond donors (Lipinski definition) is 0. The Morgan fingerprint density at radius 3 is 2.61 bits per heavy atom. The first-order chi connectivity index (χ1) is 8.49.